The predicted octanol–water partition coefficient (Wildman–Crippen LogP) is 9.72. The highest BCUT2D eigenvalue weighted by Crippen LogP contribution is 2.45. The number of rotatable bonds is 8. The lowest BCUT2D eigenvalue weighted by atomic mass is 9.79. The van der Waals surface area contributed by atoms with Gasteiger partial charge < -0.3 is 19.0 Å². The molecule has 46 heavy (non-hydrogen) atoms. The monoisotopic (exact) mass is 870 g/mol. The zero-order chi connectivity index (χ0) is 33.0. The zero-order valence-electron chi connectivity index (χ0n) is 25.4. The fraction of sp³-hybridized carbons (Fsp3) is 0.229. The Balaban J connectivity index is 1.73. The van der Waals surface area contributed by atoms with Crippen molar-refractivity contribution in [2.45, 2.75) is 52.4 Å². The highest BCUT2D eigenvalue weighted by Gasteiger charge is 2.39. The summed E-state index contributed by atoms with van der Waals surface area (Å²) >= 11 is 14.1. The molecule has 236 valence electrons. The molecular weight excluding hydrogens is 844 g/mol. The largest absolute Gasteiger partial charge is 0.506 e. The van der Waals surface area contributed by atoms with Crippen molar-refractivity contribution in [3.63, 3.8) is 0 Å². The van der Waals surface area contributed by atoms with E-state index in [1.54, 1.807) is 24.3 Å². The van der Waals surface area contributed by atoms with Crippen LogP contribution in [0.4, 0.5) is 0 Å². The van der Waals surface area contributed by atoms with Gasteiger partial charge in [0.25, 0.3) is 0 Å². The van der Waals surface area contributed by atoms with Crippen molar-refractivity contribution < 1.29 is 15.0 Å². The van der Waals surface area contributed by atoms with E-state index in [9.17, 15) is 10.2 Å². The number of Topliss-reactive ketones (excluding diaryl/α,β-unsaturated/α-hetero) is 1. The topological polar surface area (TPSA) is 92.1 Å². The molecule has 0 saturated heterocycles. The SMILES string of the molecule is CCc1nc2ccc(C)cn2c1C(C(=O)C(c1cc(Br)c(O)c(Br)c1)c1c(CC)nc2ccc(C)cn12)c1cc(Br)c(O)c(Br)c1. The number of hydrogen-bond donors (Lipinski definition) is 2. The van der Waals surface area contributed by atoms with E-state index in [0.29, 0.717) is 41.9 Å². The Morgan fingerprint density at radius 2 is 1.02 bits per heavy atom. The summed E-state index contributed by atoms with van der Waals surface area (Å²) in [6, 6.07) is 15.2. The summed E-state index contributed by atoms with van der Waals surface area (Å²) in [6.45, 7) is 8.11. The number of halogens is 4. The number of pyridine rings is 2. The van der Waals surface area contributed by atoms with Crippen LogP contribution in [0.25, 0.3) is 11.3 Å². The molecule has 0 saturated carbocycles. The minimum atomic E-state index is -0.809. The van der Waals surface area contributed by atoms with Crippen molar-refractivity contribution in [1.29, 1.82) is 0 Å². The second kappa shape index (κ2) is 12.9. The molecule has 0 aliphatic heterocycles. The van der Waals surface area contributed by atoms with Crippen molar-refractivity contribution in [3.05, 3.63) is 124 Å². The number of aromatic hydroxyl groups is 2. The van der Waals surface area contributed by atoms with Crippen LogP contribution in [-0.2, 0) is 17.6 Å². The summed E-state index contributed by atoms with van der Waals surface area (Å²) in [4.78, 5) is 25.7. The molecule has 6 rings (SSSR count). The van der Waals surface area contributed by atoms with Gasteiger partial charge in [-0.15, -0.1) is 0 Å². The quantitative estimate of drug-likeness (QED) is 0.159. The number of carbonyl (C=O) groups excluding carboxylic acids is 1. The zero-order valence-corrected chi connectivity index (χ0v) is 31.8. The maximum atomic E-state index is 15.8. The van der Waals surface area contributed by atoms with Crippen LogP contribution < -0.4 is 0 Å². The minimum Gasteiger partial charge on any atom is -0.506 e. The maximum Gasteiger partial charge on any atom is 0.159 e. The number of phenols is 2. The van der Waals surface area contributed by atoms with E-state index < -0.39 is 11.8 Å². The third-order valence-electron chi connectivity index (χ3n) is 8.29. The van der Waals surface area contributed by atoms with E-state index in [4.69, 9.17) is 9.97 Å². The summed E-state index contributed by atoms with van der Waals surface area (Å²) in [6.07, 6.45) is 5.24. The van der Waals surface area contributed by atoms with Gasteiger partial charge in [0, 0.05) is 12.4 Å². The summed E-state index contributed by atoms with van der Waals surface area (Å²) in [5.41, 5.74) is 8.07. The summed E-state index contributed by atoms with van der Waals surface area (Å²) in [5.74, 6) is -1.63. The molecule has 7 nitrogen and oxygen atoms in total. The van der Waals surface area contributed by atoms with E-state index in [-0.39, 0.29) is 17.3 Å². The number of nitrogens with zero attached hydrogens (tertiary/aromatic N) is 4. The van der Waals surface area contributed by atoms with Crippen LogP contribution in [0.1, 0.15) is 70.7 Å². The van der Waals surface area contributed by atoms with Gasteiger partial charge in [-0.1, -0.05) is 26.0 Å². The van der Waals surface area contributed by atoms with Gasteiger partial charge >= 0.3 is 0 Å². The van der Waals surface area contributed by atoms with E-state index in [0.717, 1.165) is 45.2 Å². The molecule has 2 unspecified atom stereocenters. The summed E-state index contributed by atoms with van der Waals surface area (Å²) in [7, 11) is 0. The molecule has 0 spiro atoms. The number of aromatic nitrogens is 4. The minimum absolute atomic E-state index is 0.0492. The smallest absolute Gasteiger partial charge is 0.159 e. The Labute approximate surface area is 300 Å². The van der Waals surface area contributed by atoms with Gasteiger partial charge in [-0.05, 0) is 149 Å². The van der Waals surface area contributed by atoms with Crippen molar-refractivity contribution in [3.8, 4) is 11.5 Å². The number of phenolic OH excluding ortho intramolecular Hbond substituents is 2. The molecule has 0 fully saturated rings. The van der Waals surface area contributed by atoms with Crippen LogP contribution >= 0.6 is 63.7 Å². The van der Waals surface area contributed by atoms with Crippen LogP contribution in [0.5, 0.6) is 11.5 Å². The van der Waals surface area contributed by atoms with Crippen LogP contribution in [0, 0.1) is 13.8 Å². The average Bonchev–Trinajstić information content (AvgIpc) is 3.56. The van der Waals surface area contributed by atoms with E-state index in [2.05, 4.69) is 63.7 Å². The first-order chi connectivity index (χ1) is 21.9. The first kappa shape index (κ1) is 32.9. The molecule has 0 bridgehead atoms. The van der Waals surface area contributed by atoms with Crippen molar-refractivity contribution in [2.75, 3.05) is 0 Å². The molecule has 0 radical (unpaired) electrons. The van der Waals surface area contributed by atoms with E-state index in [1.165, 1.54) is 0 Å². The molecule has 11 heteroatoms. The Bertz CT molecular complexity index is 1970. The third-order valence-corrected chi connectivity index (χ3v) is 10.7. The van der Waals surface area contributed by atoms with E-state index >= 15 is 4.79 Å². The lowest BCUT2D eigenvalue weighted by Gasteiger charge is -2.26. The Hall–Kier alpha value is -2.99. The molecule has 0 aliphatic rings. The highest BCUT2D eigenvalue weighted by molar-refractivity contribution is 9.11. The van der Waals surface area contributed by atoms with Gasteiger partial charge in [0.15, 0.2) is 5.78 Å². The Morgan fingerprint density at radius 1 is 0.674 bits per heavy atom. The molecule has 2 aromatic carbocycles. The van der Waals surface area contributed by atoms with Gasteiger partial charge in [-0.2, -0.15) is 0 Å². The van der Waals surface area contributed by atoms with Crippen LogP contribution in [0.3, 0.4) is 0 Å². The fourth-order valence-electron chi connectivity index (χ4n) is 6.15. The van der Waals surface area contributed by atoms with Crippen LogP contribution in [0.15, 0.2) is 78.8 Å². The van der Waals surface area contributed by atoms with Gasteiger partial charge in [-0.3, -0.25) is 4.79 Å². The number of fused-ring (bicyclic) bond motifs is 2. The third kappa shape index (κ3) is 5.73. The second-order valence-electron chi connectivity index (χ2n) is 11.4. The lowest BCUT2D eigenvalue weighted by molar-refractivity contribution is -0.120. The molecule has 4 heterocycles. The standard InChI is InChI=1S/C35H30Br4N4O3/c1-5-25-31(42-15-17(3)7-9-27(42)40-25)29(19-11-21(36)33(44)22(37)12-19)35(46)30(20-13-23(38)34(45)24(39)14-20)32-26(6-2)41-28-10-8-18(4)16-43(28)32/h7-16,29-30,44-45H,5-6H2,1-4H3. The van der Waals surface area contributed by atoms with Crippen molar-refractivity contribution in [1.82, 2.24) is 18.8 Å². The van der Waals surface area contributed by atoms with Crippen molar-refractivity contribution >= 4 is 80.8 Å². The molecule has 4 aromatic heterocycles. The number of benzene rings is 2. The first-order valence-corrected chi connectivity index (χ1v) is 17.9. The highest BCUT2D eigenvalue weighted by atomic mass is 79.9. The van der Waals surface area contributed by atoms with Gasteiger partial charge in [0.2, 0.25) is 0 Å². The predicted molar refractivity (Wildman–Crippen MR) is 194 cm³/mol. The molecule has 2 atom stereocenters. The summed E-state index contributed by atoms with van der Waals surface area (Å²) in [5, 5.41) is 21.4. The van der Waals surface area contributed by atoms with Crippen LogP contribution in [0.2, 0.25) is 0 Å². The normalized spacial score (nSPS) is 13.0. The second-order valence-corrected chi connectivity index (χ2v) is 14.8. The van der Waals surface area contributed by atoms with Gasteiger partial charge in [-0.25, -0.2) is 9.97 Å². The number of imidazole rings is 2. The van der Waals surface area contributed by atoms with Crippen molar-refractivity contribution in [2.24, 2.45) is 0 Å². The first-order valence-electron chi connectivity index (χ1n) is 14.8. The fourth-order valence-corrected chi connectivity index (χ4v) is 8.60. The maximum absolute atomic E-state index is 15.8. The Kier molecular flexibility index (Phi) is 9.23. The molecular formula is C35H30Br4N4O3. The number of hydrogen-bond acceptors (Lipinski definition) is 5. The molecule has 0 aliphatic carbocycles. The summed E-state index contributed by atoms with van der Waals surface area (Å²) < 4.78 is 5.89. The van der Waals surface area contributed by atoms with E-state index in [1.807, 2.05) is 73.2 Å². The Morgan fingerprint density at radius 3 is 1.35 bits per heavy atom. The van der Waals surface area contributed by atoms with Gasteiger partial charge in [0.1, 0.15) is 22.8 Å². The van der Waals surface area contributed by atoms with Gasteiger partial charge in [0.05, 0.1) is 52.5 Å². The number of aryl methyl sites for hydroxylation is 4. The molecule has 6 aromatic rings. The lowest BCUT2D eigenvalue weighted by Crippen LogP contribution is -2.26. The van der Waals surface area contributed by atoms with Crippen LogP contribution in [-0.4, -0.2) is 34.8 Å². The number of ketones is 1. The molecule has 2 N–H and O–H groups in total. The average molecular weight is 874 g/mol. The molecule has 0 amide bonds. The number of carbonyl (C=O) groups is 1.